The van der Waals surface area contributed by atoms with E-state index < -0.39 is 0 Å². The molecule has 1 aliphatic rings. The van der Waals surface area contributed by atoms with Crippen LogP contribution in [-0.2, 0) is 0 Å². The van der Waals surface area contributed by atoms with Crippen LogP contribution in [0.5, 0.6) is 0 Å². The lowest BCUT2D eigenvalue weighted by Crippen LogP contribution is -2.09. The van der Waals surface area contributed by atoms with Gasteiger partial charge in [-0.3, -0.25) is 0 Å². The van der Waals surface area contributed by atoms with Crippen LogP contribution in [0.15, 0.2) is 5.03 Å². The number of nitrogens with one attached hydrogen (secondary N) is 1. The zero-order valence-corrected chi connectivity index (χ0v) is 14.0. The average molecular weight is 293 g/mol. The highest BCUT2D eigenvalue weighted by atomic mass is 32.2. The monoisotopic (exact) mass is 293 g/mol. The van der Waals surface area contributed by atoms with Crippen LogP contribution in [0.2, 0.25) is 0 Å². The van der Waals surface area contributed by atoms with Gasteiger partial charge in [-0.25, -0.2) is 9.97 Å². The largest absolute Gasteiger partial charge is 0.370 e. The summed E-state index contributed by atoms with van der Waals surface area (Å²) in [4.78, 5) is 9.57. The van der Waals surface area contributed by atoms with Gasteiger partial charge in [0, 0.05) is 23.8 Å². The molecule has 112 valence electrons. The fraction of sp³-hybridized carbons (Fsp3) is 0.750. The second-order valence-electron chi connectivity index (χ2n) is 5.89. The van der Waals surface area contributed by atoms with E-state index in [1.54, 1.807) is 0 Å². The van der Waals surface area contributed by atoms with E-state index in [4.69, 9.17) is 9.97 Å². The Balaban J connectivity index is 2.16. The zero-order valence-electron chi connectivity index (χ0n) is 13.2. The molecule has 0 saturated heterocycles. The summed E-state index contributed by atoms with van der Waals surface area (Å²) in [5.41, 5.74) is 1.22. The van der Waals surface area contributed by atoms with Crippen LogP contribution < -0.4 is 5.32 Å². The van der Waals surface area contributed by atoms with Gasteiger partial charge in [0.25, 0.3) is 0 Å². The lowest BCUT2D eigenvalue weighted by Gasteiger charge is -2.14. The van der Waals surface area contributed by atoms with Gasteiger partial charge in [0.05, 0.1) is 0 Å². The van der Waals surface area contributed by atoms with Crippen molar-refractivity contribution in [2.24, 2.45) is 5.92 Å². The summed E-state index contributed by atoms with van der Waals surface area (Å²) in [6, 6.07) is 0. The average Bonchev–Trinajstić information content (AvgIpc) is 3.29. The molecule has 0 radical (unpaired) electrons. The van der Waals surface area contributed by atoms with Crippen molar-refractivity contribution in [3.63, 3.8) is 0 Å². The molecule has 1 saturated carbocycles. The van der Waals surface area contributed by atoms with Crippen LogP contribution in [0.25, 0.3) is 0 Å². The molecule has 20 heavy (non-hydrogen) atoms. The summed E-state index contributed by atoms with van der Waals surface area (Å²) in [7, 11) is 0. The Morgan fingerprint density at radius 3 is 2.65 bits per heavy atom. The highest BCUT2D eigenvalue weighted by molar-refractivity contribution is 7.99. The molecule has 0 amide bonds. The van der Waals surface area contributed by atoms with Crippen molar-refractivity contribution < 1.29 is 0 Å². The molecule has 2 rings (SSSR count). The van der Waals surface area contributed by atoms with E-state index in [0.717, 1.165) is 36.3 Å². The highest BCUT2D eigenvalue weighted by Crippen LogP contribution is 2.40. The van der Waals surface area contributed by atoms with Crippen molar-refractivity contribution in [3.05, 3.63) is 11.4 Å². The van der Waals surface area contributed by atoms with E-state index in [9.17, 15) is 0 Å². The molecule has 0 aliphatic heterocycles. The van der Waals surface area contributed by atoms with Gasteiger partial charge in [-0.15, -0.1) is 11.8 Å². The first-order chi connectivity index (χ1) is 9.65. The summed E-state index contributed by atoms with van der Waals surface area (Å²) in [6.07, 6.45) is 4.86. The molecule has 1 aromatic rings. The lowest BCUT2D eigenvalue weighted by molar-refractivity contribution is 0.636. The minimum Gasteiger partial charge on any atom is -0.370 e. The van der Waals surface area contributed by atoms with E-state index in [1.165, 1.54) is 29.9 Å². The van der Waals surface area contributed by atoms with Crippen molar-refractivity contribution in [1.82, 2.24) is 9.97 Å². The van der Waals surface area contributed by atoms with Gasteiger partial charge in [-0.1, -0.05) is 27.2 Å². The van der Waals surface area contributed by atoms with Crippen molar-refractivity contribution in [1.29, 1.82) is 0 Å². The molecule has 0 spiro atoms. The van der Waals surface area contributed by atoms with Crippen LogP contribution in [0.4, 0.5) is 5.82 Å². The van der Waals surface area contributed by atoms with E-state index in [1.807, 2.05) is 11.8 Å². The lowest BCUT2D eigenvalue weighted by atomic mass is 10.2. The Labute approximate surface area is 127 Å². The Morgan fingerprint density at radius 1 is 1.30 bits per heavy atom. The maximum absolute atomic E-state index is 4.82. The Kier molecular flexibility index (Phi) is 5.70. The molecule has 1 atom stereocenters. The van der Waals surface area contributed by atoms with Crippen LogP contribution in [0.3, 0.4) is 0 Å². The van der Waals surface area contributed by atoms with Crippen LogP contribution in [0.1, 0.15) is 63.8 Å². The SMILES string of the molecule is CCCNc1nc(C2CC2)nc(SCC(C)CC)c1C. The number of hydrogen-bond acceptors (Lipinski definition) is 4. The van der Waals surface area contributed by atoms with Crippen molar-refractivity contribution >= 4 is 17.6 Å². The standard InChI is InChI=1S/C16H27N3S/c1-5-9-17-14-12(4)16(20-10-11(3)6-2)19-15(18-14)13-7-8-13/h11,13H,5-10H2,1-4H3,(H,17,18,19). The number of hydrogen-bond donors (Lipinski definition) is 1. The molecule has 1 heterocycles. The first-order valence-corrected chi connectivity index (χ1v) is 8.89. The molecule has 0 bridgehead atoms. The van der Waals surface area contributed by atoms with Gasteiger partial charge in [-0.2, -0.15) is 0 Å². The van der Waals surface area contributed by atoms with E-state index in [2.05, 4.69) is 33.0 Å². The molecular formula is C16H27N3S. The Morgan fingerprint density at radius 2 is 2.05 bits per heavy atom. The van der Waals surface area contributed by atoms with Gasteiger partial charge in [0.1, 0.15) is 16.7 Å². The Bertz CT molecular complexity index is 444. The third-order valence-corrected chi connectivity index (χ3v) is 5.21. The number of anilines is 1. The van der Waals surface area contributed by atoms with Crippen molar-refractivity contribution in [2.75, 3.05) is 17.6 Å². The second-order valence-corrected chi connectivity index (χ2v) is 6.89. The van der Waals surface area contributed by atoms with Crippen molar-refractivity contribution in [2.45, 2.75) is 64.3 Å². The summed E-state index contributed by atoms with van der Waals surface area (Å²) in [6.45, 7) is 9.87. The topological polar surface area (TPSA) is 37.8 Å². The molecule has 0 aromatic carbocycles. The fourth-order valence-electron chi connectivity index (χ4n) is 1.93. The molecule has 3 nitrogen and oxygen atoms in total. The first kappa shape index (κ1) is 15.6. The van der Waals surface area contributed by atoms with E-state index in [0.29, 0.717) is 5.92 Å². The minimum atomic E-state index is 0.612. The van der Waals surface area contributed by atoms with Crippen LogP contribution in [0, 0.1) is 12.8 Å². The quantitative estimate of drug-likeness (QED) is 0.560. The third kappa shape index (κ3) is 4.11. The Hall–Kier alpha value is -0.770. The first-order valence-electron chi connectivity index (χ1n) is 7.90. The number of aromatic nitrogens is 2. The predicted octanol–water partition coefficient (Wildman–Crippen LogP) is 4.62. The normalized spacial score (nSPS) is 16.2. The van der Waals surface area contributed by atoms with E-state index in [-0.39, 0.29) is 0 Å². The maximum atomic E-state index is 4.82. The molecular weight excluding hydrogens is 266 g/mol. The zero-order chi connectivity index (χ0) is 14.5. The maximum Gasteiger partial charge on any atom is 0.135 e. The summed E-state index contributed by atoms with van der Waals surface area (Å²) >= 11 is 1.90. The van der Waals surface area contributed by atoms with Gasteiger partial charge in [0.15, 0.2) is 0 Å². The predicted molar refractivity (Wildman–Crippen MR) is 87.7 cm³/mol. The molecule has 1 N–H and O–H groups in total. The summed E-state index contributed by atoms with van der Waals surface area (Å²) in [5, 5.41) is 4.64. The number of nitrogens with zero attached hydrogens (tertiary/aromatic N) is 2. The fourth-order valence-corrected chi connectivity index (χ4v) is 3.08. The van der Waals surface area contributed by atoms with Crippen molar-refractivity contribution in [3.8, 4) is 0 Å². The molecule has 4 heteroatoms. The molecule has 1 unspecified atom stereocenters. The highest BCUT2D eigenvalue weighted by Gasteiger charge is 2.28. The van der Waals surface area contributed by atoms with Gasteiger partial charge in [-0.05, 0) is 32.1 Å². The molecule has 1 aliphatic carbocycles. The number of thioether (sulfide) groups is 1. The molecule has 1 fully saturated rings. The second kappa shape index (κ2) is 7.30. The molecule has 1 aromatic heterocycles. The third-order valence-electron chi connectivity index (χ3n) is 3.80. The van der Waals surface area contributed by atoms with Gasteiger partial charge >= 0.3 is 0 Å². The summed E-state index contributed by atoms with van der Waals surface area (Å²) < 4.78 is 0. The summed E-state index contributed by atoms with van der Waals surface area (Å²) in [5.74, 6) is 4.61. The van der Waals surface area contributed by atoms with Gasteiger partial charge in [0.2, 0.25) is 0 Å². The number of rotatable bonds is 8. The smallest absolute Gasteiger partial charge is 0.135 e. The van der Waals surface area contributed by atoms with Crippen LogP contribution >= 0.6 is 11.8 Å². The van der Waals surface area contributed by atoms with Crippen LogP contribution in [-0.4, -0.2) is 22.3 Å². The minimum absolute atomic E-state index is 0.612. The van der Waals surface area contributed by atoms with E-state index >= 15 is 0 Å². The van der Waals surface area contributed by atoms with Gasteiger partial charge < -0.3 is 5.32 Å².